The number of nitrogens with two attached hydrogens (primary N) is 2. The lowest BCUT2D eigenvalue weighted by atomic mass is 10.1. The van der Waals surface area contributed by atoms with Crippen molar-refractivity contribution in [3.8, 4) is 0 Å². The molecule has 0 unspecified atom stereocenters. The minimum Gasteiger partial charge on any atom is -0.480 e. The first kappa shape index (κ1) is 15.6. The molecule has 96 valence electrons. The van der Waals surface area contributed by atoms with Crippen molar-refractivity contribution in [1.29, 1.82) is 0 Å². The van der Waals surface area contributed by atoms with Crippen LogP contribution in [0.25, 0.3) is 0 Å². The van der Waals surface area contributed by atoms with Gasteiger partial charge in [-0.2, -0.15) is 0 Å². The normalized spacial score (nSPS) is 11.3. The fourth-order valence-corrected chi connectivity index (χ4v) is 1.15. The van der Waals surface area contributed by atoms with E-state index in [0.717, 1.165) is 0 Å². The molecule has 0 amide bonds. The number of benzene rings is 1. The van der Waals surface area contributed by atoms with Crippen molar-refractivity contribution in [2.75, 3.05) is 0 Å². The van der Waals surface area contributed by atoms with Crippen molar-refractivity contribution in [3.05, 3.63) is 30.3 Å². The Morgan fingerprint density at radius 1 is 1.24 bits per heavy atom. The maximum Gasteiger partial charge on any atom is 0.323 e. The van der Waals surface area contributed by atoms with Gasteiger partial charge in [0.1, 0.15) is 5.54 Å². The highest BCUT2D eigenvalue weighted by Gasteiger charge is 2.19. The quantitative estimate of drug-likeness (QED) is 0.698. The summed E-state index contributed by atoms with van der Waals surface area (Å²) in [5.41, 5.74) is 4.00. The summed E-state index contributed by atoms with van der Waals surface area (Å²) in [6, 6.07) is 7.89. The van der Waals surface area contributed by atoms with Gasteiger partial charge in [-0.3, -0.25) is 4.79 Å². The van der Waals surface area contributed by atoms with E-state index in [1.54, 1.807) is 18.2 Å². The molecule has 0 aliphatic heterocycles. The summed E-state index contributed by atoms with van der Waals surface area (Å²) < 4.78 is 21.2. The second-order valence-corrected chi connectivity index (χ2v) is 5.45. The summed E-state index contributed by atoms with van der Waals surface area (Å²) in [4.78, 5) is 10.0. The maximum absolute atomic E-state index is 10.6. The molecule has 0 heterocycles. The van der Waals surface area contributed by atoms with Crippen molar-refractivity contribution in [2.45, 2.75) is 24.3 Å². The van der Waals surface area contributed by atoms with Gasteiger partial charge in [0.2, 0.25) is 10.0 Å². The van der Waals surface area contributed by atoms with Crippen molar-refractivity contribution >= 4 is 16.0 Å². The molecule has 0 aliphatic carbocycles. The number of hydrogen-bond donors (Lipinski definition) is 3. The number of sulfonamides is 1. The summed E-state index contributed by atoms with van der Waals surface area (Å²) in [6.07, 6.45) is 0. The number of carboxylic acids is 1. The van der Waals surface area contributed by atoms with Crippen LogP contribution in [0.5, 0.6) is 0 Å². The van der Waals surface area contributed by atoms with E-state index in [0.29, 0.717) is 0 Å². The molecule has 0 fully saturated rings. The van der Waals surface area contributed by atoms with Crippen molar-refractivity contribution in [3.63, 3.8) is 0 Å². The molecule has 17 heavy (non-hydrogen) atoms. The third kappa shape index (κ3) is 6.67. The molecule has 5 N–H and O–H groups in total. The van der Waals surface area contributed by atoms with Crippen LogP contribution in [-0.4, -0.2) is 25.0 Å². The van der Waals surface area contributed by atoms with Gasteiger partial charge in [0.25, 0.3) is 0 Å². The van der Waals surface area contributed by atoms with Crippen LogP contribution in [0.2, 0.25) is 0 Å². The van der Waals surface area contributed by atoms with Gasteiger partial charge in [0.15, 0.2) is 0 Å². The largest absolute Gasteiger partial charge is 0.480 e. The van der Waals surface area contributed by atoms with E-state index in [-0.39, 0.29) is 4.90 Å². The molecule has 0 aromatic heterocycles. The predicted octanol–water partition coefficient (Wildman–Crippen LogP) is 0.142. The Bertz CT molecular complexity index is 463. The van der Waals surface area contributed by atoms with Crippen LogP contribution in [0.4, 0.5) is 0 Å². The molecule has 0 radical (unpaired) electrons. The Balaban J connectivity index is 0.000000325. The van der Waals surface area contributed by atoms with E-state index < -0.39 is 21.5 Å². The smallest absolute Gasteiger partial charge is 0.323 e. The summed E-state index contributed by atoms with van der Waals surface area (Å²) in [6.45, 7) is 2.88. The average molecular weight is 260 g/mol. The third-order valence-corrected chi connectivity index (χ3v) is 2.55. The van der Waals surface area contributed by atoms with Crippen molar-refractivity contribution in [2.24, 2.45) is 10.9 Å². The lowest BCUT2D eigenvalue weighted by Crippen LogP contribution is -2.41. The van der Waals surface area contributed by atoms with Gasteiger partial charge >= 0.3 is 5.97 Å². The van der Waals surface area contributed by atoms with E-state index in [1.165, 1.54) is 26.0 Å². The number of aliphatic carboxylic acids is 1. The molecular weight excluding hydrogens is 244 g/mol. The molecular formula is C10H16N2O4S. The van der Waals surface area contributed by atoms with E-state index in [2.05, 4.69) is 0 Å². The highest BCUT2D eigenvalue weighted by atomic mass is 32.2. The minimum atomic E-state index is -3.50. The molecule has 0 spiro atoms. The Morgan fingerprint density at radius 3 is 1.76 bits per heavy atom. The zero-order valence-electron chi connectivity index (χ0n) is 9.62. The van der Waals surface area contributed by atoms with Gasteiger partial charge in [0.05, 0.1) is 4.90 Å². The summed E-state index contributed by atoms with van der Waals surface area (Å²) in [7, 11) is -3.50. The molecule has 0 bridgehead atoms. The fraction of sp³-hybridized carbons (Fsp3) is 0.300. The summed E-state index contributed by atoms with van der Waals surface area (Å²) >= 11 is 0. The van der Waals surface area contributed by atoms with Gasteiger partial charge in [-0.25, -0.2) is 13.6 Å². The highest BCUT2D eigenvalue weighted by molar-refractivity contribution is 7.89. The second-order valence-electron chi connectivity index (χ2n) is 3.88. The average Bonchev–Trinajstić information content (AvgIpc) is 2.17. The standard InChI is InChI=1S/C6H7NO2S.C4H9NO2/c7-10(8,9)6-4-2-1-3-5-6;1-4(2,5)3(6)7/h1-5H,(H2,7,8,9);5H2,1-2H3,(H,6,7). The summed E-state index contributed by atoms with van der Waals surface area (Å²) in [5.74, 6) is -0.979. The predicted molar refractivity (Wildman–Crippen MR) is 63.7 cm³/mol. The van der Waals surface area contributed by atoms with E-state index >= 15 is 0 Å². The molecule has 0 aliphatic rings. The fourth-order valence-electron chi connectivity index (χ4n) is 0.610. The molecule has 0 atom stereocenters. The molecule has 7 heteroatoms. The molecule has 1 rings (SSSR count). The van der Waals surface area contributed by atoms with Gasteiger partial charge in [-0.15, -0.1) is 0 Å². The lowest BCUT2D eigenvalue weighted by Gasteiger charge is -2.09. The van der Waals surface area contributed by atoms with Gasteiger partial charge in [-0.05, 0) is 26.0 Å². The molecule has 1 aromatic rings. The van der Waals surface area contributed by atoms with E-state index in [9.17, 15) is 13.2 Å². The zero-order chi connectivity index (χ0) is 13.7. The first-order valence-corrected chi connectivity index (χ1v) is 6.20. The van der Waals surface area contributed by atoms with E-state index in [1.807, 2.05) is 0 Å². The van der Waals surface area contributed by atoms with Crippen molar-refractivity contribution in [1.82, 2.24) is 0 Å². The number of hydrogen-bond acceptors (Lipinski definition) is 4. The molecule has 6 nitrogen and oxygen atoms in total. The van der Waals surface area contributed by atoms with Crippen LogP contribution in [0.3, 0.4) is 0 Å². The van der Waals surface area contributed by atoms with Crippen LogP contribution in [0.15, 0.2) is 35.2 Å². The van der Waals surface area contributed by atoms with Crippen LogP contribution < -0.4 is 10.9 Å². The SMILES string of the molecule is CC(C)(N)C(=O)O.NS(=O)(=O)c1ccccc1. The molecule has 0 saturated heterocycles. The maximum atomic E-state index is 10.6. The first-order valence-electron chi connectivity index (χ1n) is 4.65. The molecule has 1 aromatic carbocycles. The number of carbonyl (C=O) groups is 1. The first-order chi connectivity index (χ1) is 7.55. The highest BCUT2D eigenvalue weighted by Crippen LogP contribution is 2.03. The monoisotopic (exact) mass is 260 g/mol. The second kappa shape index (κ2) is 5.76. The van der Waals surface area contributed by atoms with Crippen LogP contribution in [-0.2, 0) is 14.8 Å². The number of primary sulfonamides is 1. The molecule has 0 saturated carbocycles. The topological polar surface area (TPSA) is 123 Å². The Labute approximate surface area is 100 Å². The van der Waals surface area contributed by atoms with E-state index in [4.69, 9.17) is 16.0 Å². The number of carboxylic acid groups (broad SMARTS) is 1. The zero-order valence-corrected chi connectivity index (χ0v) is 10.4. The van der Waals surface area contributed by atoms with Crippen LogP contribution in [0, 0.1) is 0 Å². The minimum absolute atomic E-state index is 0.148. The van der Waals surface area contributed by atoms with Gasteiger partial charge < -0.3 is 10.8 Å². The lowest BCUT2D eigenvalue weighted by molar-refractivity contribution is -0.141. The third-order valence-electron chi connectivity index (χ3n) is 1.62. The summed E-state index contributed by atoms with van der Waals surface area (Å²) in [5, 5.41) is 13.0. The van der Waals surface area contributed by atoms with Gasteiger partial charge in [0, 0.05) is 0 Å². The van der Waals surface area contributed by atoms with Gasteiger partial charge in [-0.1, -0.05) is 18.2 Å². The Kier molecular flexibility index (Phi) is 5.27. The van der Waals surface area contributed by atoms with Crippen LogP contribution in [0.1, 0.15) is 13.8 Å². The Morgan fingerprint density at radius 2 is 1.59 bits per heavy atom. The van der Waals surface area contributed by atoms with Crippen LogP contribution >= 0.6 is 0 Å². The Hall–Kier alpha value is -1.44. The number of rotatable bonds is 2. The van der Waals surface area contributed by atoms with Crippen molar-refractivity contribution < 1.29 is 18.3 Å².